The lowest BCUT2D eigenvalue weighted by Crippen LogP contribution is -2.46. The first-order valence-corrected chi connectivity index (χ1v) is 10.2. The molecule has 0 bridgehead atoms. The first-order chi connectivity index (χ1) is 12.4. The molecule has 2 atom stereocenters. The average Bonchev–Trinajstić information content (AvgIpc) is 2.64. The van der Waals surface area contributed by atoms with Crippen molar-refractivity contribution < 1.29 is 9.18 Å². The van der Waals surface area contributed by atoms with Crippen LogP contribution in [0.15, 0.2) is 28.1 Å². The summed E-state index contributed by atoms with van der Waals surface area (Å²) in [5.41, 5.74) is 0.907. The first kappa shape index (κ1) is 24.0. The molecule has 0 heterocycles. The van der Waals surface area contributed by atoms with Crippen LogP contribution in [0.5, 0.6) is 0 Å². The minimum absolute atomic E-state index is 0. The van der Waals surface area contributed by atoms with Gasteiger partial charge < -0.3 is 15.5 Å². The van der Waals surface area contributed by atoms with Crippen molar-refractivity contribution in [3.8, 4) is 0 Å². The van der Waals surface area contributed by atoms with Gasteiger partial charge in [-0.25, -0.2) is 4.39 Å². The van der Waals surface area contributed by atoms with Crippen molar-refractivity contribution in [3.63, 3.8) is 0 Å². The number of guanidine groups is 1. The van der Waals surface area contributed by atoms with Crippen LogP contribution in [0.3, 0.4) is 0 Å². The second kappa shape index (κ2) is 11.7. The van der Waals surface area contributed by atoms with Gasteiger partial charge in [-0.1, -0.05) is 6.42 Å². The van der Waals surface area contributed by atoms with Gasteiger partial charge in [0.1, 0.15) is 5.82 Å². The zero-order chi connectivity index (χ0) is 19.1. The third-order valence-corrected chi connectivity index (χ3v) is 5.56. The second-order valence-electron chi connectivity index (χ2n) is 6.82. The largest absolute Gasteiger partial charge is 0.354 e. The zero-order valence-corrected chi connectivity index (χ0v) is 19.6. The van der Waals surface area contributed by atoms with Crippen LogP contribution in [0, 0.1) is 11.7 Å². The van der Waals surface area contributed by atoms with E-state index in [1.165, 1.54) is 6.07 Å². The fourth-order valence-electron chi connectivity index (χ4n) is 3.36. The Morgan fingerprint density at radius 3 is 2.74 bits per heavy atom. The van der Waals surface area contributed by atoms with Gasteiger partial charge in [-0.15, -0.1) is 35.7 Å². The van der Waals surface area contributed by atoms with E-state index in [0.717, 1.165) is 36.1 Å². The van der Waals surface area contributed by atoms with Crippen molar-refractivity contribution in [1.82, 2.24) is 15.5 Å². The van der Waals surface area contributed by atoms with E-state index in [1.54, 1.807) is 35.8 Å². The van der Waals surface area contributed by atoms with Crippen molar-refractivity contribution in [2.24, 2.45) is 10.9 Å². The molecule has 27 heavy (non-hydrogen) atoms. The summed E-state index contributed by atoms with van der Waals surface area (Å²) in [6.45, 7) is 0.500. The molecule has 152 valence electrons. The highest BCUT2D eigenvalue weighted by Gasteiger charge is 2.28. The molecule has 2 N–H and O–H groups in total. The molecule has 1 amide bonds. The number of nitrogens with one attached hydrogen (secondary N) is 2. The maximum absolute atomic E-state index is 13.5. The molecule has 1 saturated carbocycles. The highest BCUT2D eigenvalue weighted by molar-refractivity contribution is 14.0. The van der Waals surface area contributed by atoms with Crippen LogP contribution in [0.25, 0.3) is 0 Å². The van der Waals surface area contributed by atoms with E-state index in [9.17, 15) is 9.18 Å². The molecule has 0 radical (unpaired) electrons. The molecule has 0 spiro atoms. The SMILES string of the molecule is CN=C(NCc1cc(F)ccc1SC)NC1CCCC(C(=O)N(C)C)C1.I. The van der Waals surface area contributed by atoms with E-state index < -0.39 is 0 Å². The van der Waals surface area contributed by atoms with Crippen LogP contribution in [0.1, 0.15) is 31.2 Å². The molecule has 1 aliphatic rings. The second-order valence-corrected chi connectivity index (χ2v) is 7.67. The Morgan fingerprint density at radius 1 is 1.37 bits per heavy atom. The Morgan fingerprint density at radius 2 is 2.11 bits per heavy atom. The Bertz CT molecular complexity index is 657. The molecule has 5 nitrogen and oxygen atoms in total. The number of hydrogen-bond donors (Lipinski definition) is 2. The number of carbonyl (C=O) groups is 1. The number of thioether (sulfide) groups is 1. The number of nitrogens with zero attached hydrogens (tertiary/aromatic N) is 2. The van der Waals surface area contributed by atoms with Crippen LogP contribution in [0.4, 0.5) is 4.39 Å². The number of carbonyl (C=O) groups excluding carboxylic acids is 1. The molecule has 2 unspecified atom stereocenters. The first-order valence-electron chi connectivity index (χ1n) is 8.95. The minimum Gasteiger partial charge on any atom is -0.354 e. The Kier molecular flexibility index (Phi) is 10.4. The highest BCUT2D eigenvalue weighted by atomic mass is 127. The molecule has 0 saturated heterocycles. The molecule has 8 heteroatoms. The lowest BCUT2D eigenvalue weighted by molar-refractivity contribution is -0.134. The number of aliphatic imine (C=N–C) groups is 1. The van der Waals surface area contributed by atoms with Crippen molar-refractivity contribution in [2.45, 2.75) is 43.2 Å². The van der Waals surface area contributed by atoms with Gasteiger partial charge in [-0.3, -0.25) is 9.79 Å². The number of hydrogen-bond acceptors (Lipinski definition) is 3. The average molecular weight is 508 g/mol. The topological polar surface area (TPSA) is 56.7 Å². The standard InChI is InChI=1S/C19H29FN4OS.HI/c1-21-19(22-12-14-10-15(20)8-9-17(14)26-4)23-16-7-5-6-13(11-16)18(25)24(2)3;/h8-10,13,16H,5-7,11-12H2,1-4H3,(H2,21,22,23);1H. The van der Waals surface area contributed by atoms with Gasteiger partial charge in [0.2, 0.25) is 5.91 Å². The fraction of sp³-hybridized carbons (Fsp3) is 0.579. The summed E-state index contributed by atoms with van der Waals surface area (Å²) in [5, 5.41) is 6.68. The lowest BCUT2D eigenvalue weighted by Gasteiger charge is -2.31. The predicted molar refractivity (Wildman–Crippen MR) is 121 cm³/mol. The van der Waals surface area contributed by atoms with Gasteiger partial charge in [-0.2, -0.15) is 0 Å². The molecule has 0 aromatic heterocycles. The highest BCUT2D eigenvalue weighted by Crippen LogP contribution is 2.25. The number of halogens is 2. The van der Waals surface area contributed by atoms with E-state index in [1.807, 2.05) is 20.4 Å². The van der Waals surface area contributed by atoms with Gasteiger partial charge >= 0.3 is 0 Å². The smallest absolute Gasteiger partial charge is 0.225 e. The number of rotatable bonds is 5. The van der Waals surface area contributed by atoms with Crippen LogP contribution in [-0.2, 0) is 11.3 Å². The normalized spacial score (nSPS) is 19.8. The van der Waals surface area contributed by atoms with E-state index in [4.69, 9.17) is 0 Å². The zero-order valence-electron chi connectivity index (χ0n) is 16.4. The van der Waals surface area contributed by atoms with Crippen molar-refractivity contribution in [3.05, 3.63) is 29.6 Å². The molecular weight excluding hydrogens is 478 g/mol. The van der Waals surface area contributed by atoms with Crippen molar-refractivity contribution in [2.75, 3.05) is 27.4 Å². The molecule has 0 aliphatic heterocycles. The summed E-state index contributed by atoms with van der Waals surface area (Å²) in [7, 11) is 5.34. The molecular formula is C19H30FIN4OS. The van der Waals surface area contributed by atoms with E-state index in [0.29, 0.717) is 12.5 Å². The summed E-state index contributed by atoms with van der Waals surface area (Å²) in [4.78, 5) is 19.2. The van der Waals surface area contributed by atoms with E-state index in [-0.39, 0.29) is 47.7 Å². The summed E-state index contributed by atoms with van der Waals surface area (Å²) >= 11 is 1.60. The summed E-state index contributed by atoms with van der Waals surface area (Å²) in [5.74, 6) is 0.716. The fourth-order valence-corrected chi connectivity index (χ4v) is 3.96. The Balaban J connectivity index is 0.00000364. The van der Waals surface area contributed by atoms with Gasteiger partial charge in [0.15, 0.2) is 5.96 Å². The van der Waals surface area contributed by atoms with Crippen LogP contribution >= 0.6 is 35.7 Å². The maximum atomic E-state index is 13.5. The maximum Gasteiger partial charge on any atom is 0.225 e. The van der Waals surface area contributed by atoms with Crippen LogP contribution in [-0.4, -0.2) is 50.2 Å². The minimum atomic E-state index is -0.236. The van der Waals surface area contributed by atoms with Gasteiger partial charge in [0, 0.05) is 44.5 Å². The van der Waals surface area contributed by atoms with Crippen molar-refractivity contribution in [1.29, 1.82) is 0 Å². The van der Waals surface area contributed by atoms with Gasteiger partial charge in [0.05, 0.1) is 0 Å². The number of amides is 1. The molecule has 2 rings (SSSR count). The predicted octanol–water partition coefficient (Wildman–Crippen LogP) is 3.48. The quantitative estimate of drug-likeness (QED) is 0.277. The van der Waals surface area contributed by atoms with Crippen LogP contribution < -0.4 is 10.6 Å². The summed E-state index contributed by atoms with van der Waals surface area (Å²) in [6.07, 6.45) is 5.79. The molecule has 1 aliphatic carbocycles. The van der Waals surface area contributed by atoms with Crippen molar-refractivity contribution >= 4 is 47.6 Å². The molecule has 1 aromatic rings. The van der Waals surface area contributed by atoms with Gasteiger partial charge in [-0.05, 0) is 49.3 Å². The van der Waals surface area contributed by atoms with E-state index in [2.05, 4.69) is 15.6 Å². The third kappa shape index (κ3) is 7.14. The third-order valence-electron chi connectivity index (χ3n) is 4.72. The lowest BCUT2D eigenvalue weighted by atomic mass is 9.85. The Hall–Kier alpha value is -1.03. The Labute approximate surface area is 183 Å². The van der Waals surface area contributed by atoms with Crippen LogP contribution in [0.2, 0.25) is 0 Å². The molecule has 1 aromatic carbocycles. The summed E-state index contributed by atoms with van der Waals surface area (Å²) in [6, 6.07) is 5.05. The molecule has 1 fully saturated rings. The number of benzene rings is 1. The van der Waals surface area contributed by atoms with Gasteiger partial charge in [0.25, 0.3) is 0 Å². The summed E-state index contributed by atoms with van der Waals surface area (Å²) < 4.78 is 13.5. The monoisotopic (exact) mass is 508 g/mol. The van der Waals surface area contributed by atoms with E-state index >= 15 is 0 Å².